The Kier molecular flexibility index (Phi) is 6.42. The third-order valence-corrected chi connectivity index (χ3v) is 4.13. The molecule has 4 nitrogen and oxygen atoms in total. The van der Waals surface area contributed by atoms with E-state index in [-0.39, 0.29) is 0 Å². The Morgan fingerprint density at radius 1 is 1.29 bits per heavy atom. The summed E-state index contributed by atoms with van der Waals surface area (Å²) in [5.41, 5.74) is 6.44. The van der Waals surface area contributed by atoms with Gasteiger partial charge in [-0.05, 0) is 43.5 Å². The van der Waals surface area contributed by atoms with Crippen molar-refractivity contribution < 1.29 is 9.47 Å². The van der Waals surface area contributed by atoms with E-state index in [1.54, 1.807) is 7.11 Å². The maximum Gasteiger partial charge on any atom is 0.119 e. The van der Waals surface area contributed by atoms with Gasteiger partial charge in [-0.25, -0.2) is 0 Å². The zero-order valence-corrected chi connectivity index (χ0v) is 13.4. The number of hydrogen-bond acceptors (Lipinski definition) is 4. The molecule has 1 aliphatic rings. The van der Waals surface area contributed by atoms with Crippen LogP contribution in [0.1, 0.15) is 24.8 Å². The van der Waals surface area contributed by atoms with E-state index in [4.69, 9.17) is 27.4 Å². The molecule has 0 aromatic heterocycles. The van der Waals surface area contributed by atoms with Crippen molar-refractivity contribution >= 4 is 17.2 Å². The molecule has 1 aromatic rings. The molecule has 116 valence electrons. The molecule has 0 saturated carbocycles. The number of piperidine rings is 1. The molecule has 2 N–H and O–H groups in total. The normalized spacial score (nSPS) is 16.8. The lowest BCUT2D eigenvalue weighted by Crippen LogP contribution is -2.37. The van der Waals surface area contributed by atoms with Crippen LogP contribution in [-0.2, 0) is 4.74 Å². The second kappa shape index (κ2) is 8.32. The number of benzene rings is 1. The first kappa shape index (κ1) is 16.2. The summed E-state index contributed by atoms with van der Waals surface area (Å²) in [5.74, 6) is 0.869. The molecule has 0 bridgehead atoms. The van der Waals surface area contributed by atoms with Gasteiger partial charge < -0.3 is 20.1 Å². The van der Waals surface area contributed by atoms with Gasteiger partial charge in [-0.3, -0.25) is 0 Å². The summed E-state index contributed by atoms with van der Waals surface area (Å²) in [7, 11) is 1.80. The lowest BCUT2D eigenvalue weighted by Gasteiger charge is -2.31. The molecule has 0 aliphatic carbocycles. The molecule has 0 amide bonds. The summed E-state index contributed by atoms with van der Waals surface area (Å²) in [6, 6.07) is 7.62. The first-order valence-corrected chi connectivity index (χ1v) is 7.87. The third kappa shape index (κ3) is 5.26. The minimum Gasteiger partial charge on any atom is -0.494 e. The van der Waals surface area contributed by atoms with Crippen LogP contribution in [0, 0.1) is 0 Å². The highest BCUT2D eigenvalue weighted by molar-refractivity contribution is 7.80. The molecule has 0 unspecified atom stereocenters. The van der Waals surface area contributed by atoms with Crippen molar-refractivity contribution in [3.63, 3.8) is 0 Å². The van der Waals surface area contributed by atoms with Crippen molar-refractivity contribution in [2.75, 3.05) is 33.4 Å². The summed E-state index contributed by atoms with van der Waals surface area (Å²) >= 11 is 4.92. The van der Waals surface area contributed by atoms with Gasteiger partial charge in [0, 0.05) is 32.3 Å². The Balaban J connectivity index is 1.62. The van der Waals surface area contributed by atoms with E-state index in [1.165, 1.54) is 0 Å². The fourth-order valence-corrected chi connectivity index (χ4v) is 2.70. The molecule has 1 heterocycles. The highest BCUT2D eigenvalue weighted by Crippen LogP contribution is 2.14. The second-order valence-electron chi connectivity index (χ2n) is 5.37. The van der Waals surface area contributed by atoms with Crippen LogP contribution >= 0.6 is 12.2 Å². The van der Waals surface area contributed by atoms with Crippen molar-refractivity contribution in [3.05, 3.63) is 29.8 Å². The quantitative estimate of drug-likeness (QED) is 0.618. The molecule has 1 aromatic carbocycles. The van der Waals surface area contributed by atoms with E-state index < -0.39 is 0 Å². The lowest BCUT2D eigenvalue weighted by atomic mass is 10.1. The standard InChI is InChI=1S/C16H24N2O2S/c1-19-14-7-10-18(11-8-14)9-2-12-20-15-5-3-13(4-6-15)16(17)21/h3-6,14H,2,7-12H2,1H3,(H2,17,21). The number of likely N-dealkylation sites (tertiary alicyclic amines) is 1. The molecular formula is C16H24N2O2S. The Labute approximate surface area is 132 Å². The van der Waals surface area contributed by atoms with E-state index in [2.05, 4.69) is 4.90 Å². The van der Waals surface area contributed by atoms with Crippen LogP contribution < -0.4 is 10.5 Å². The van der Waals surface area contributed by atoms with Crippen molar-refractivity contribution in [3.8, 4) is 5.75 Å². The zero-order valence-electron chi connectivity index (χ0n) is 12.6. The largest absolute Gasteiger partial charge is 0.494 e. The van der Waals surface area contributed by atoms with Crippen LogP contribution in [0.2, 0.25) is 0 Å². The summed E-state index contributed by atoms with van der Waals surface area (Å²) in [5, 5.41) is 0. The lowest BCUT2D eigenvalue weighted by molar-refractivity contribution is 0.0398. The predicted molar refractivity (Wildman–Crippen MR) is 88.9 cm³/mol. The first-order chi connectivity index (χ1) is 10.2. The number of thiocarbonyl (C=S) groups is 1. The molecule has 0 radical (unpaired) electrons. The number of ether oxygens (including phenoxy) is 2. The van der Waals surface area contributed by atoms with E-state index in [1.807, 2.05) is 24.3 Å². The Bertz CT molecular complexity index is 442. The topological polar surface area (TPSA) is 47.7 Å². The molecule has 5 heteroatoms. The van der Waals surface area contributed by atoms with Gasteiger partial charge in [0.05, 0.1) is 12.7 Å². The second-order valence-corrected chi connectivity index (χ2v) is 5.81. The minimum absolute atomic E-state index is 0.418. The van der Waals surface area contributed by atoms with Crippen molar-refractivity contribution in [1.82, 2.24) is 4.90 Å². The van der Waals surface area contributed by atoms with Crippen LogP contribution in [0.3, 0.4) is 0 Å². The Hall–Kier alpha value is -1.17. The number of methoxy groups -OCH3 is 1. The van der Waals surface area contributed by atoms with Crippen LogP contribution in [0.4, 0.5) is 0 Å². The van der Waals surface area contributed by atoms with Crippen LogP contribution in [0.25, 0.3) is 0 Å². The molecule has 1 fully saturated rings. The summed E-state index contributed by atoms with van der Waals surface area (Å²) < 4.78 is 11.1. The fraction of sp³-hybridized carbons (Fsp3) is 0.562. The number of nitrogens with two attached hydrogens (primary N) is 1. The van der Waals surface area contributed by atoms with Crippen molar-refractivity contribution in [1.29, 1.82) is 0 Å². The van der Waals surface area contributed by atoms with Gasteiger partial charge >= 0.3 is 0 Å². The van der Waals surface area contributed by atoms with E-state index in [9.17, 15) is 0 Å². The number of nitrogens with zero attached hydrogens (tertiary/aromatic N) is 1. The monoisotopic (exact) mass is 308 g/mol. The summed E-state index contributed by atoms with van der Waals surface area (Å²) in [6.07, 6.45) is 3.76. The van der Waals surface area contributed by atoms with Gasteiger partial charge in [0.25, 0.3) is 0 Å². The van der Waals surface area contributed by atoms with Crippen molar-refractivity contribution in [2.24, 2.45) is 5.73 Å². The van der Waals surface area contributed by atoms with Gasteiger partial charge in [0.2, 0.25) is 0 Å². The highest BCUT2D eigenvalue weighted by atomic mass is 32.1. The SMILES string of the molecule is COC1CCN(CCCOc2ccc(C(N)=S)cc2)CC1. The minimum atomic E-state index is 0.418. The number of rotatable bonds is 7. The summed E-state index contributed by atoms with van der Waals surface area (Å²) in [6.45, 7) is 4.07. The maximum atomic E-state index is 5.74. The molecule has 1 aliphatic heterocycles. The van der Waals surface area contributed by atoms with Crippen LogP contribution in [-0.4, -0.2) is 49.3 Å². The smallest absolute Gasteiger partial charge is 0.119 e. The molecule has 1 saturated heterocycles. The van der Waals surface area contributed by atoms with Gasteiger partial charge in [0.15, 0.2) is 0 Å². The third-order valence-electron chi connectivity index (χ3n) is 3.89. The van der Waals surface area contributed by atoms with Gasteiger partial charge in [0.1, 0.15) is 10.7 Å². The van der Waals surface area contributed by atoms with Gasteiger partial charge in [-0.2, -0.15) is 0 Å². The van der Waals surface area contributed by atoms with Crippen molar-refractivity contribution in [2.45, 2.75) is 25.4 Å². The average Bonchev–Trinajstić information content (AvgIpc) is 2.52. The van der Waals surface area contributed by atoms with Gasteiger partial charge in [-0.15, -0.1) is 0 Å². The van der Waals surface area contributed by atoms with E-state index >= 15 is 0 Å². The number of hydrogen-bond donors (Lipinski definition) is 1. The van der Waals surface area contributed by atoms with E-state index in [0.29, 0.717) is 11.1 Å². The Morgan fingerprint density at radius 2 is 1.95 bits per heavy atom. The fourth-order valence-electron chi connectivity index (χ4n) is 2.56. The zero-order chi connectivity index (χ0) is 15.1. The molecule has 2 rings (SSSR count). The molecule has 21 heavy (non-hydrogen) atoms. The predicted octanol–water partition coefficient (Wildman–Crippen LogP) is 2.20. The van der Waals surface area contributed by atoms with E-state index in [0.717, 1.165) is 56.8 Å². The average molecular weight is 308 g/mol. The maximum absolute atomic E-state index is 5.74. The van der Waals surface area contributed by atoms with Crippen LogP contribution in [0.15, 0.2) is 24.3 Å². The molecular weight excluding hydrogens is 284 g/mol. The summed E-state index contributed by atoms with van der Waals surface area (Å²) in [4.78, 5) is 2.90. The Morgan fingerprint density at radius 3 is 2.52 bits per heavy atom. The van der Waals surface area contributed by atoms with Gasteiger partial charge in [-0.1, -0.05) is 12.2 Å². The van der Waals surface area contributed by atoms with Crippen LogP contribution in [0.5, 0.6) is 5.75 Å². The highest BCUT2D eigenvalue weighted by Gasteiger charge is 2.17. The molecule has 0 spiro atoms. The first-order valence-electron chi connectivity index (χ1n) is 7.47. The molecule has 0 atom stereocenters.